The maximum atomic E-state index is 11.1. The zero-order valence-electron chi connectivity index (χ0n) is 20.4. The number of aliphatic imine (C=N–C) groups is 1. The molecule has 4 aliphatic rings. The van der Waals surface area contributed by atoms with Crippen LogP contribution in [-0.2, 0) is 7.05 Å². The van der Waals surface area contributed by atoms with Gasteiger partial charge in [-0.2, -0.15) is 10.2 Å². The van der Waals surface area contributed by atoms with Crippen molar-refractivity contribution in [1.29, 1.82) is 0 Å². The molecule has 4 aromatic rings. The Morgan fingerprint density at radius 1 is 1.06 bits per heavy atom. The SMILES string of the molecule is Cn1cc(-c2cc3c(NC4[C@@H]5CC6C[C@H]4CC(O)(C6)C5)c(/C(N)=N/c4ccccc4)cnn3c2)cn1. The largest absolute Gasteiger partial charge is 0.390 e. The number of nitrogens with one attached hydrogen (secondary N) is 1. The van der Waals surface area contributed by atoms with Crippen LogP contribution in [0.15, 0.2) is 66.2 Å². The zero-order chi connectivity index (χ0) is 24.4. The highest BCUT2D eigenvalue weighted by molar-refractivity contribution is 6.06. The van der Waals surface area contributed by atoms with Crippen LogP contribution in [0.1, 0.15) is 37.7 Å². The zero-order valence-corrected chi connectivity index (χ0v) is 20.4. The number of hydrogen-bond donors (Lipinski definition) is 3. The predicted molar refractivity (Wildman–Crippen MR) is 140 cm³/mol. The lowest BCUT2D eigenvalue weighted by Gasteiger charge is -2.58. The van der Waals surface area contributed by atoms with Crippen LogP contribution in [0.4, 0.5) is 11.4 Å². The summed E-state index contributed by atoms with van der Waals surface area (Å²) in [5, 5.41) is 24.1. The van der Waals surface area contributed by atoms with E-state index in [9.17, 15) is 5.11 Å². The van der Waals surface area contributed by atoms with Crippen molar-refractivity contribution in [3.63, 3.8) is 0 Å². The van der Waals surface area contributed by atoms with Gasteiger partial charge in [-0.15, -0.1) is 0 Å². The fourth-order valence-corrected chi connectivity index (χ4v) is 7.22. The second-order valence-corrected chi connectivity index (χ2v) is 11.1. The van der Waals surface area contributed by atoms with Gasteiger partial charge >= 0.3 is 0 Å². The van der Waals surface area contributed by atoms with Crippen LogP contribution in [0, 0.1) is 17.8 Å². The van der Waals surface area contributed by atoms with Crippen molar-refractivity contribution in [2.45, 2.75) is 43.7 Å². The Morgan fingerprint density at radius 3 is 2.53 bits per heavy atom. The number of aliphatic hydroxyl groups is 1. The van der Waals surface area contributed by atoms with Gasteiger partial charge < -0.3 is 16.2 Å². The number of anilines is 1. The van der Waals surface area contributed by atoms with Crippen molar-refractivity contribution in [3.8, 4) is 11.1 Å². The van der Waals surface area contributed by atoms with Crippen molar-refractivity contribution in [2.75, 3.05) is 5.32 Å². The molecule has 3 heterocycles. The third-order valence-corrected chi connectivity index (χ3v) is 8.51. The van der Waals surface area contributed by atoms with E-state index < -0.39 is 5.60 Å². The highest BCUT2D eigenvalue weighted by Gasteiger charge is 2.54. The number of amidine groups is 1. The first-order chi connectivity index (χ1) is 17.4. The normalized spacial score (nSPS) is 29.2. The molecule has 3 unspecified atom stereocenters. The summed E-state index contributed by atoms with van der Waals surface area (Å²) in [4.78, 5) is 4.71. The molecule has 0 amide bonds. The first-order valence-corrected chi connectivity index (χ1v) is 12.8. The molecule has 4 aliphatic carbocycles. The molecule has 3 aromatic heterocycles. The number of rotatable bonds is 5. The summed E-state index contributed by atoms with van der Waals surface area (Å²) in [6, 6.07) is 12.2. The highest BCUT2D eigenvalue weighted by atomic mass is 16.3. The smallest absolute Gasteiger partial charge is 0.135 e. The standard InChI is InChI=1S/C28H31N7O/c1-34-15-21(13-30-34)20-9-24-26(33-25-18-7-17-8-19(25)12-28(36,10-17)11-18)23(14-31-35(24)16-20)27(29)32-22-5-3-2-4-6-22/h2-6,9,13-19,25,33,36H,7-8,10-12H2,1H3,(H2,29,32)/t17?,18-,19+,25?,28?. The predicted octanol–water partition coefficient (Wildman–Crippen LogP) is 4.12. The van der Waals surface area contributed by atoms with E-state index in [0.717, 1.165) is 52.8 Å². The van der Waals surface area contributed by atoms with E-state index in [-0.39, 0.29) is 0 Å². The minimum Gasteiger partial charge on any atom is -0.390 e. The number of aryl methyl sites for hydroxylation is 1. The molecule has 5 atom stereocenters. The number of fused-ring (bicyclic) bond motifs is 1. The second kappa shape index (κ2) is 7.93. The Kier molecular flexibility index (Phi) is 4.76. The second-order valence-electron chi connectivity index (χ2n) is 11.1. The number of hydrogen-bond acceptors (Lipinski definition) is 5. The Bertz CT molecular complexity index is 1450. The van der Waals surface area contributed by atoms with Gasteiger partial charge in [0.2, 0.25) is 0 Å². The maximum Gasteiger partial charge on any atom is 0.135 e. The van der Waals surface area contributed by atoms with E-state index in [0.29, 0.717) is 29.6 Å². The van der Waals surface area contributed by atoms with Gasteiger partial charge in [-0.05, 0) is 68.1 Å². The van der Waals surface area contributed by atoms with Gasteiger partial charge in [0.05, 0.1) is 40.4 Å². The molecule has 184 valence electrons. The summed E-state index contributed by atoms with van der Waals surface area (Å²) >= 11 is 0. The summed E-state index contributed by atoms with van der Waals surface area (Å²) in [5.41, 5.74) is 11.8. The molecule has 0 saturated heterocycles. The first kappa shape index (κ1) is 21.6. The fraction of sp³-hybridized carbons (Fsp3) is 0.393. The summed E-state index contributed by atoms with van der Waals surface area (Å²) in [5.74, 6) is 2.01. The average Bonchev–Trinajstić information content (AvgIpc) is 3.47. The molecular formula is C28H31N7O. The minimum atomic E-state index is -0.471. The molecule has 0 aliphatic heterocycles. The van der Waals surface area contributed by atoms with Gasteiger partial charge in [0, 0.05) is 36.6 Å². The quantitative estimate of drug-likeness (QED) is 0.294. The summed E-state index contributed by atoms with van der Waals surface area (Å²) in [7, 11) is 1.92. The summed E-state index contributed by atoms with van der Waals surface area (Å²) < 4.78 is 3.72. The van der Waals surface area contributed by atoms with Gasteiger partial charge in [-0.1, -0.05) is 18.2 Å². The summed E-state index contributed by atoms with van der Waals surface area (Å²) in [6.07, 6.45) is 12.8. The van der Waals surface area contributed by atoms with Crippen LogP contribution in [0.2, 0.25) is 0 Å². The number of aromatic nitrogens is 4. The van der Waals surface area contributed by atoms with Crippen molar-refractivity contribution in [2.24, 2.45) is 35.5 Å². The van der Waals surface area contributed by atoms with Gasteiger partial charge in [0.15, 0.2) is 0 Å². The minimum absolute atomic E-state index is 0.299. The third-order valence-electron chi connectivity index (χ3n) is 8.51. The van der Waals surface area contributed by atoms with Gasteiger partial charge in [0.1, 0.15) is 5.84 Å². The number of benzene rings is 1. The van der Waals surface area contributed by atoms with Crippen LogP contribution in [-0.4, -0.2) is 42.0 Å². The Hall–Kier alpha value is -3.65. The lowest BCUT2D eigenvalue weighted by atomic mass is 9.52. The monoisotopic (exact) mass is 481 g/mol. The van der Waals surface area contributed by atoms with Crippen LogP contribution in [0.3, 0.4) is 0 Å². The molecule has 8 nitrogen and oxygen atoms in total. The molecule has 4 fully saturated rings. The van der Waals surface area contributed by atoms with Crippen LogP contribution >= 0.6 is 0 Å². The Morgan fingerprint density at radius 2 is 1.83 bits per heavy atom. The van der Waals surface area contributed by atoms with Crippen molar-refractivity contribution < 1.29 is 5.11 Å². The lowest BCUT2D eigenvalue weighted by molar-refractivity contribution is -0.129. The molecule has 4 bridgehead atoms. The van der Waals surface area contributed by atoms with Gasteiger partial charge in [0.25, 0.3) is 0 Å². The number of para-hydroxylation sites is 1. The van der Waals surface area contributed by atoms with Gasteiger partial charge in [-0.25, -0.2) is 9.51 Å². The lowest BCUT2D eigenvalue weighted by Crippen LogP contribution is -2.59. The first-order valence-electron chi connectivity index (χ1n) is 12.8. The van der Waals surface area contributed by atoms with Crippen molar-refractivity contribution in [1.82, 2.24) is 19.4 Å². The van der Waals surface area contributed by atoms with Crippen molar-refractivity contribution in [3.05, 3.63) is 66.7 Å². The molecule has 4 saturated carbocycles. The van der Waals surface area contributed by atoms with Gasteiger partial charge in [-0.3, -0.25) is 4.68 Å². The molecule has 8 heteroatoms. The van der Waals surface area contributed by atoms with E-state index in [4.69, 9.17) is 15.8 Å². The van der Waals surface area contributed by atoms with E-state index in [1.165, 1.54) is 12.8 Å². The molecule has 0 spiro atoms. The molecular weight excluding hydrogens is 450 g/mol. The molecule has 0 radical (unpaired) electrons. The van der Waals surface area contributed by atoms with Crippen LogP contribution in [0.5, 0.6) is 0 Å². The molecule has 1 aromatic carbocycles. The number of nitrogens with zero attached hydrogens (tertiary/aromatic N) is 5. The third kappa shape index (κ3) is 3.59. The van der Waals surface area contributed by atoms with E-state index in [2.05, 4.69) is 16.5 Å². The van der Waals surface area contributed by atoms with E-state index in [1.54, 1.807) is 4.68 Å². The van der Waals surface area contributed by atoms with E-state index in [1.807, 2.05) is 66.7 Å². The topological polar surface area (TPSA) is 106 Å². The Labute approximate surface area is 209 Å². The maximum absolute atomic E-state index is 11.1. The number of nitrogens with two attached hydrogens (primary N) is 1. The highest BCUT2D eigenvalue weighted by Crippen LogP contribution is 2.56. The Balaban J connectivity index is 1.33. The molecule has 4 N–H and O–H groups in total. The molecule has 8 rings (SSSR count). The summed E-state index contributed by atoms with van der Waals surface area (Å²) in [6.45, 7) is 0. The van der Waals surface area contributed by atoms with Crippen LogP contribution < -0.4 is 11.1 Å². The fourth-order valence-electron chi connectivity index (χ4n) is 7.22. The van der Waals surface area contributed by atoms with E-state index >= 15 is 0 Å². The molecule has 36 heavy (non-hydrogen) atoms. The average molecular weight is 482 g/mol. The van der Waals surface area contributed by atoms with Crippen LogP contribution in [0.25, 0.3) is 16.6 Å². The van der Waals surface area contributed by atoms with Crippen molar-refractivity contribution >= 4 is 22.7 Å².